The summed E-state index contributed by atoms with van der Waals surface area (Å²) in [4.78, 5) is 14.5. The maximum atomic E-state index is 12.5. The van der Waals surface area contributed by atoms with Crippen LogP contribution in [0.3, 0.4) is 0 Å². The van der Waals surface area contributed by atoms with Gasteiger partial charge in [-0.15, -0.1) is 0 Å². The number of benzene rings is 1. The third-order valence-corrected chi connectivity index (χ3v) is 5.94. The number of hydrogen-bond donors (Lipinski definition) is 1. The number of rotatable bonds is 0. The molecule has 1 amide bonds. The lowest BCUT2D eigenvalue weighted by atomic mass is 9.66. The van der Waals surface area contributed by atoms with Crippen LogP contribution in [0, 0.1) is 5.92 Å². The molecule has 1 aromatic carbocycles. The van der Waals surface area contributed by atoms with E-state index in [9.17, 15) is 9.90 Å². The van der Waals surface area contributed by atoms with Gasteiger partial charge in [-0.05, 0) is 48.4 Å². The lowest BCUT2D eigenvalue weighted by Crippen LogP contribution is -2.54. The number of fused-ring (bicyclic) bond motifs is 2. The summed E-state index contributed by atoms with van der Waals surface area (Å²) in [6.07, 6.45) is 3.49. The Labute approximate surface area is 128 Å². The molecule has 2 fully saturated rings. The predicted molar refractivity (Wildman–Crippen MR) is 77.6 cm³/mol. The first-order valence-corrected chi connectivity index (χ1v) is 8.10. The molecule has 3 heterocycles. The van der Waals surface area contributed by atoms with Crippen LogP contribution in [0.2, 0.25) is 0 Å². The van der Waals surface area contributed by atoms with Gasteiger partial charge in [0.15, 0.2) is 11.5 Å². The summed E-state index contributed by atoms with van der Waals surface area (Å²) < 4.78 is 11.1. The van der Waals surface area contributed by atoms with Gasteiger partial charge >= 0.3 is 0 Å². The lowest BCUT2D eigenvalue weighted by molar-refractivity contribution is -0.133. The van der Waals surface area contributed by atoms with Crippen LogP contribution in [0.25, 0.3) is 0 Å². The van der Waals surface area contributed by atoms with Crippen LogP contribution >= 0.6 is 0 Å². The van der Waals surface area contributed by atoms with Crippen molar-refractivity contribution in [3.05, 3.63) is 23.3 Å². The smallest absolute Gasteiger partial charge is 0.231 e. The van der Waals surface area contributed by atoms with Gasteiger partial charge in [0.2, 0.25) is 12.7 Å². The van der Waals surface area contributed by atoms with Crippen molar-refractivity contribution in [1.82, 2.24) is 4.90 Å². The summed E-state index contributed by atoms with van der Waals surface area (Å²) in [7, 11) is 0. The Hall–Kier alpha value is -1.75. The van der Waals surface area contributed by atoms with E-state index in [1.807, 2.05) is 4.90 Å². The number of amides is 1. The molecule has 1 N–H and O–H groups in total. The minimum atomic E-state index is -0.332. The molecule has 0 radical (unpaired) electrons. The van der Waals surface area contributed by atoms with Gasteiger partial charge in [0.05, 0.1) is 11.6 Å². The molecule has 3 atom stereocenters. The average molecular weight is 301 g/mol. The number of nitrogens with zero attached hydrogens (tertiary/aromatic N) is 1. The summed E-state index contributed by atoms with van der Waals surface area (Å²) in [6, 6.07) is 4.14. The van der Waals surface area contributed by atoms with Gasteiger partial charge in [0, 0.05) is 19.4 Å². The van der Waals surface area contributed by atoms with E-state index in [-0.39, 0.29) is 24.3 Å². The van der Waals surface area contributed by atoms with Crippen molar-refractivity contribution in [3.63, 3.8) is 0 Å². The molecule has 1 aliphatic carbocycles. The van der Waals surface area contributed by atoms with E-state index in [1.54, 1.807) is 0 Å². The Morgan fingerprint density at radius 1 is 1.23 bits per heavy atom. The van der Waals surface area contributed by atoms with E-state index >= 15 is 0 Å². The second-order valence-electron chi connectivity index (χ2n) is 6.92. The molecular formula is C17H19NO4. The molecule has 0 unspecified atom stereocenters. The van der Waals surface area contributed by atoms with Crippen LogP contribution < -0.4 is 9.47 Å². The maximum Gasteiger partial charge on any atom is 0.231 e. The van der Waals surface area contributed by atoms with Crippen molar-refractivity contribution in [3.8, 4) is 11.5 Å². The van der Waals surface area contributed by atoms with Crippen molar-refractivity contribution in [2.75, 3.05) is 13.3 Å². The quantitative estimate of drug-likeness (QED) is 0.790. The van der Waals surface area contributed by atoms with Crippen molar-refractivity contribution >= 4 is 5.91 Å². The van der Waals surface area contributed by atoms with E-state index in [1.165, 1.54) is 11.1 Å². The molecule has 5 rings (SSSR count). The second kappa shape index (κ2) is 4.16. The average Bonchev–Trinajstić information content (AvgIpc) is 3.06. The fraction of sp³-hybridized carbons (Fsp3) is 0.588. The van der Waals surface area contributed by atoms with Crippen LogP contribution in [-0.4, -0.2) is 35.4 Å². The highest BCUT2D eigenvalue weighted by Gasteiger charge is 2.58. The highest BCUT2D eigenvalue weighted by atomic mass is 16.7. The Bertz CT molecular complexity index is 673. The number of aliphatic hydroxyl groups is 1. The predicted octanol–water partition coefficient (Wildman–Crippen LogP) is 1.56. The van der Waals surface area contributed by atoms with Gasteiger partial charge in [-0.25, -0.2) is 0 Å². The molecule has 4 aliphatic rings. The monoisotopic (exact) mass is 301 g/mol. The van der Waals surface area contributed by atoms with E-state index in [4.69, 9.17) is 9.47 Å². The van der Waals surface area contributed by atoms with Gasteiger partial charge in [0.1, 0.15) is 0 Å². The Morgan fingerprint density at radius 3 is 2.91 bits per heavy atom. The minimum Gasteiger partial charge on any atom is -0.454 e. The largest absolute Gasteiger partial charge is 0.454 e. The van der Waals surface area contributed by atoms with Crippen LogP contribution in [0.4, 0.5) is 0 Å². The molecule has 1 saturated carbocycles. The van der Waals surface area contributed by atoms with Gasteiger partial charge < -0.3 is 19.5 Å². The van der Waals surface area contributed by atoms with Gasteiger partial charge in [-0.1, -0.05) is 0 Å². The summed E-state index contributed by atoms with van der Waals surface area (Å²) in [6.45, 7) is 1.01. The number of aliphatic hydroxyl groups excluding tert-OH is 1. The van der Waals surface area contributed by atoms with E-state index in [0.29, 0.717) is 18.8 Å². The number of carbonyl (C=O) groups excluding carboxylic acids is 1. The summed E-state index contributed by atoms with van der Waals surface area (Å²) in [5.41, 5.74) is 2.09. The topological polar surface area (TPSA) is 59.0 Å². The van der Waals surface area contributed by atoms with Crippen molar-refractivity contribution in [2.24, 2.45) is 5.92 Å². The third kappa shape index (κ3) is 1.45. The highest BCUT2D eigenvalue weighted by Crippen LogP contribution is 2.56. The van der Waals surface area contributed by atoms with E-state index < -0.39 is 0 Å². The van der Waals surface area contributed by atoms with Gasteiger partial charge in [-0.3, -0.25) is 4.79 Å². The normalized spacial score (nSPS) is 35.1. The number of hydrogen-bond acceptors (Lipinski definition) is 4. The fourth-order valence-corrected chi connectivity index (χ4v) is 5.03. The maximum absolute atomic E-state index is 12.5. The van der Waals surface area contributed by atoms with Crippen LogP contribution in [-0.2, 0) is 16.8 Å². The van der Waals surface area contributed by atoms with Crippen molar-refractivity contribution < 1.29 is 19.4 Å². The third-order valence-electron chi connectivity index (χ3n) is 5.94. The first-order chi connectivity index (χ1) is 10.7. The Balaban J connectivity index is 1.73. The molecule has 1 aromatic rings. The fourth-order valence-electron chi connectivity index (χ4n) is 5.03. The molecule has 116 valence electrons. The standard InChI is InChI=1S/C17H19NO4/c19-12-2-1-11-6-16(20)18-4-3-10-5-14-15(22-9-21-14)7-13(10)17(11,18)8-12/h5,7,11-12,19H,1-4,6,8-9H2/t11-,12+,17-/m1/s1. The van der Waals surface area contributed by atoms with E-state index in [0.717, 1.165) is 37.3 Å². The van der Waals surface area contributed by atoms with Gasteiger partial charge in [0.25, 0.3) is 0 Å². The molecule has 0 bridgehead atoms. The minimum absolute atomic E-state index is 0.238. The summed E-state index contributed by atoms with van der Waals surface area (Å²) >= 11 is 0. The summed E-state index contributed by atoms with van der Waals surface area (Å²) in [5, 5.41) is 10.3. The molecule has 0 aromatic heterocycles. The lowest BCUT2D eigenvalue weighted by Gasteiger charge is -2.50. The van der Waals surface area contributed by atoms with Crippen LogP contribution in [0.1, 0.15) is 36.8 Å². The SMILES string of the molecule is O=C1C[C@H]2CC[C@H](O)C[C@]23c2cc4c(cc2CCN13)OCO4. The van der Waals surface area contributed by atoms with E-state index in [2.05, 4.69) is 12.1 Å². The Kier molecular flexibility index (Phi) is 2.41. The van der Waals surface area contributed by atoms with Crippen LogP contribution in [0.15, 0.2) is 12.1 Å². The molecule has 5 nitrogen and oxygen atoms in total. The number of carbonyl (C=O) groups is 1. The molecule has 3 aliphatic heterocycles. The first-order valence-electron chi connectivity index (χ1n) is 8.10. The molecule has 1 saturated heterocycles. The second-order valence-corrected chi connectivity index (χ2v) is 6.92. The van der Waals surface area contributed by atoms with Crippen LogP contribution in [0.5, 0.6) is 11.5 Å². The molecule has 5 heteroatoms. The zero-order valence-corrected chi connectivity index (χ0v) is 12.4. The zero-order chi connectivity index (χ0) is 14.9. The summed E-state index contributed by atoms with van der Waals surface area (Å²) in [5.74, 6) is 2.12. The first kappa shape index (κ1) is 12.8. The van der Waals surface area contributed by atoms with Crippen molar-refractivity contribution in [2.45, 2.75) is 43.7 Å². The number of ether oxygens (including phenoxy) is 2. The highest BCUT2D eigenvalue weighted by molar-refractivity contribution is 5.82. The Morgan fingerprint density at radius 2 is 2.05 bits per heavy atom. The van der Waals surface area contributed by atoms with Gasteiger partial charge in [-0.2, -0.15) is 0 Å². The molecular weight excluding hydrogens is 282 g/mol. The molecule has 22 heavy (non-hydrogen) atoms. The zero-order valence-electron chi connectivity index (χ0n) is 12.4. The van der Waals surface area contributed by atoms with Crippen molar-refractivity contribution in [1.29, 1.82) is 0 Å². The molecule has 1 spiro atoms.